The highest BCUT2D eigenvalue weighted by Crippen LogP contribution is 2.21. The maximum atomic E-state index is 12.1. The predicted molar refractivity (Wildman–Crippen MR) is 99.8 cm³/mol. The van der Waals surface area contributed by atoms with Gasteiger partial charge < -0.3 is 9.73 Å². The lowest BCUT2D eigenvalue weighted by atomic mass is 10.1. The van der Waals surface area contributed by atoms with Gasteiger partial charge in [-0.25, -0.2) is 4.98 Å². The Morgan fingerprint density at radius 1 is 1.32 bits per heavy atom. The normalized spacial score (nSPS) is 11.0. The van der Waals surface area contributed by atoms with Gasteiger partial charge in [0, 0.05) is 17.5 Å². The van der Waals surface area contributed by atoms with Gasteiger partial charge in [0.1, 0.15) is 5.76 Å². The average molecular weight is 355 g/mol. The third-order valence-electron chi connectivity index (χ3n) is 3.68. The molecule has 3 aromatic rings. The van der Waals surface area contributed by atoms with E-state index in [9.17, 15) is 4.79 Å². The van der Waals surface area contributed by atoms with Crippen LogP contribution in [0.3, 0.4) is 0 Å². The van der Waals surface area contributed by atoms with Gasteiger partial charge in [-0.1, -0.05) is 29.8 Å². The Labute approximate surface area is 151 Å². The number of anilines is 1. The first-order valence-corrected chi connectivity index (χ1v) is 8.91. The predicted octanol–water partition coefficient (Wildman–Crippen LogP) is 3.71. The van der Waals surface area contributed by atoms with E-state index in [-0.39, 0.29) is 12.5 Å². The molecule has 0 fully saturated rings. The van der Waals surface area contributed by atoms with Crippen LogP contribution in [0.15, 0.2) is 53.3 Å². The van der Waals surface area contributed by atoms with Crippen LogP contribution in [-0.4, -0.2) is 29.4 Å². The SMILES string of the molecule is Cc1cccc(Cc2cnc(NC(=O)CN(C)Cc3ccco3)s2)c1. The summed E-state index contributed by atoms with van der Waals surface area (Å²) >= 11 is 1.51. The van der Waals surface area contributed by atoms with Crippen LogP contribution in [0.4, 0.5) is 5.13 Å². The number of likely N-dealkylation sites (N-methyl/N-ethyl adjacent to an activating group) is 1. The molecule has 0 atom stereocenters. The Morgan fingerprint density at radius 3 is 2.96 bits per heavy atom. The van der Waals surface area contributed by atoms with Crippen molar-refractivity contribution in [1.82, 2.24) is 9.88 Å². The number of rotatable bonds is 7. The summed E-state index contributed by atoms with van der Waals surface area (Å²) < 4.78 is 5.29. The Kier molecular flexibility index (Phi) is 5.63. The monoisotopic (exact) mass is 355 g/mol. The molecule has 3 rings (SSSR count). The first-order chi connectivity index (χ1) is 12.1. The maximum Gasteiger partial charge on any atom is 0.240 e. The van der Waals surface area contributed by atoms with Crippen molar-refractivity contribution in [2.75, 3.05) is 18.9 Å². The number of furan rings is 1. The molecule has 1 N–H and O–H groups in total. The lowest BCUT2D eigenvalue weighted by Gasteiger charge is -2.13. The van der Waals surface area contributed by atoms with Crippen LogP contribution in [-0.2, 0) is 17.8 Å². The summed E-state index contributed by atoms with van der Waals surface area (Å²) in [5, 5.41) is 3.50. The molecule has 0 saturated heterocycles. The number of aromatic nitrogens is 1. The minimum Gasteiger partial charge on any atom is -0.468 e. The van der Waals surface area contributed by atoms with Crippen molar-refractivity contribution in [3.8, 4) is 0 Å². The minimum atomic E-state index is -0.0782. The molecule has 0 bridgehead atoms. The summed E-state index contributed by atoms with van der Waals surface area (Å²) in [6.07, 6.45) is 4.29. The molecule has 130 valence electrons. The van der Waals surface area contributed by atoms with E-state index in [1.807, 2.05) is 30.3 Å². The zero-order valence-corrected chi connectivity index (χ0v) is 15.2. The minimum absolute atomic E-state index is 0.0782. The third kappa shape index (κ3) is 5.27. The van der Waals surface area contributed by atoms with Crippen molar-refractivity contribution < 1.29 is 9.21 Å². The van der Waals surface area contributed by atoms with Crippen LogP contribution in [0.2, 0.25) is 0 Å². The van der Waals surface area contributed by atoms with Gasteiger partial charge in [0.15, 0.2) is 5.13 Å². The number of thiazole rings is 1. The summed E-state index contributed by atoms with van der Waals surface area (Å²) in [5.74, 6) is 0.760. The Balaban J connectivity index is 1.51. The van der Waals surface area contributed by atoms with Gasteiger partial charge in [-0.15, -0.1) is 11.3 Å². The summed E-state index contributed by atoms with van der Waals surface area (Å²) in [5.41, 5.74) is 2.50. The first kappa shape index (κ1) is 17.4. The molecule has 25 heavy (non-hydrogen) atoms. The van der Waals surface area contributed by atoms with Crippen molar-refractivity contribution in [3.63, 3.8) is 0 Å². The molecule has 6 heteroatoms. The van der Waals surface area contributed by atoms with Crippen LogP contribution in [0, 0.1) is 6.92 Å². The van der Waals surface area contributed by atoms with Crippen molar-refractivity contribution in [2.24, 2.45) is 0 Å². The first-order valence-electron chi connectivity index (χ1n) is 8.09. The number of hydrogen-bond acceptors (Lipinski definition) is 5. The molecular weight excluding hydrogens is 334 g/mol. The smallest absolute Gasteiger partial charge is 0.240 e. The van der Waals surface area contributed by atoms with E-state index >= 15 is 0 Å². The molecule has 0 unspecified atom stereocenters. The highest BCUT2D eigenvalue weighted by atomic mass is 32.1. The Hall–Kier alpha value is -2.44. The second-order valence-corrected chi connectivity index (χ2v) is 7.21. The van der Waals surface area contributed by atoms with E-state index in [1.165, 1.54) is 22.5 Å². The zero-order valence-electron chi connectivity index (χ0n) is 14.4. The molecule has 0 radical (unpaired) electrons. The zero-order chi connectivity index (χ0) is 17.6. The number of hydrogen-bond donors (Lipinski definition) is 1. The van der Waals surface area contributed by atoms with Crippen LogP contribution >= 0.6 is 11.3 Å². The van der Waals surface area contributed by atoms with E-state index in [2.05, 4.69) is 41.5 Å². The van der Waals surface area contributed by atoms with Crippen molar-refractivity contribution in [1.29, 1.82) is 0 Å². The number of carbonyl (C=O) groups excluding carboxylic acids is 1. The second kappa shape index (κ2) is 8.09. The number of nitrogens with zero attached hydrogens (tertiary/aromatic N) is 2. The van der Waals surface area contributed by atoms with Gasteiger partial charge in [-0.05, 0) is 31.7 Å². The summed E-state index contributed by atoms with van der Waals surface area (Å²) in [6, 6.07) is 12.2. The van der Waals surface area contributed by atoms with Crippen molar-refractivity contribution >= 4 is 22.4 Å². The quantitative estimate of drug-likeness (QED) is 0.702. The Bertz CT molecular complexity index is 827. The lowest BCUT2D eigenvalue weighted by molar-refractivity contribution is -0.117. The molecule has 0 aliphatic heterocycles. The number of nitrogens with one attached hydrogen (secondary N) is 1. The fourth-order valence-electron chi connectivity index (χ4n) is 2.60. The molecule has 0 aliphatic rings. The third-order valence-corrected chi connectivity index (χ3v) is 4.59. The molecule has 0 saturated carbocycles. The molecule has 0 aliphatic carbocycles. The molecule has 2 heterocycles. The van der Waals surface area contributed by atoms with Crippen LogP contribution in [0.25, 0.3) is 0 Å². The van der Waals surface area contributed by atoms with Crippen molar-refractivity contribution in [3.05, 3.63) is 70.6 Å². The Morgan fingerprint density at radius 2 is 2.20 bits per heavy atom. The van der Waals surface area contributed by atoms with Crippen LogP contribution in [0.5, 0.6) is 0 Å². The summed E-state index contributed by atoms with van der Waals surface area (Å²) in [7, 11) is 1.88. The molecule has 0 spiro atoms. The van der Waals surface area contributed by atoms with E-state index < -0.39 is 0 Å². The fourth-order valence-corrected chi connectivity index (χ4v) is 3.46. The largest absolute Gasteiger partial charge is 0.468 e. The van der Waals surface area contributed by atoms with Gasteiger partial charge in [-0.3, -0.25) is 9.69 Å². The summed E-state index contributed by atoms with van der Waals surface area (Å²) in [6.45, 7) is 2.96. The highest BCUT2D eigenvalue weighted by Gasteiger charge is 2.11. The van der Waals surface area contributed by atoms with E-state index in [0.29, 0.717) is 11.7 Å². The van der Waals surface area contributed by atoms with Gasteiger partial charge >= 0.3 is 0 Å². The number of aryl methyl sites for hydroxylation is 1. The van der Waals surface area contributed by atoms with Gasteiger partial charge in [0.25, 0.3) is 0 Å². The fraction of sp³-hybridized carbons (Fsp3) is 0.263. The molecule has 2 aromatic heterocycles. The average Bonchev–Trinajstić information content (AvgIpc) is 3.19. The second-order valence-electron chi connectivity index (χ2n) is 6.10. The number of benzene rings is 1. The van der Waals surface area contributed by atoms with Gasteiger partial charge in [0.2, 0.25) is 5.91 Å². The van der Waals surface area contributed by atoms with E-state index in [4.69, 9.17) is 4.42 Å². The molecule has 1 aromatic carbocycles. The maximum absolute atomic E-state index is 12.1. The van der Waals surface area contributed by atoms with E-state index in [1.54, 1.807) is 6.26 Å². The standard InChI is InChI=1S/C19H21N3O2S/c1-14-5-3-6-15(9-14)10-17-11-20-19(25-17)21-18(23)13-22(2)12-16-7-4-8-24-16/h3-9,11H,10,12-13H2,1-2H3,(H,20,21,23). The topological polar surface area (TPSA) is 58.4 Å². The number of amides is 1. The van der Waals surface area contributed by atoms with Crippen LogP contribution in [0.1, 0.15) is 21.8 Å². The molecule has 1 amide bonds. The van der Waals surface area contributed by atoms with E-state index in [0.717, 1.165) is 17.1 Å². The molecule has 5 nitrogen and oxygen atoms in total. The van der Waals surface area contributed by atoms with Gasteiger partial charge in [-0.2, -0.15) is 0 Å². The summed E-state index contributed by atoms with van der Waals surface area (Å²) in [4.78, 5) is 19.5. The van der Waals surface area contributed by atoms with Crippen LogP contribution < -0.4 is 5.32 Å². The van der Waals surface area contributed by atoms with Crippen molar-refractivity contribution in [2.45, 2.75) is 19.9 Å². The number of carbonyl (C=O) groups is 1. The molecular formula is C19H21N3O2S. The highest BCUT2D eigenvalue weighted by molar-refractivity contribution is 7.15. The lowest BCUT2D eigenvalue weighted by Crippen LogP contribution is -2.29. The van der Waals surface area contributed by atoms with Gasteiger partial charge in [0.05, 0.1) is 19.4 Å².